The molecule has 3 aliphatic rings. The second-order valence-electron chi connectivity index (χ2n) is 11.2. The van der Waals surface area contributed by atoms with Crippen LogP contribution in [0.2, 0.25) is 0 Å². The average Bonchev–Trinajstić information content (AvgIpc) is 2.82. The minimum absolute atomic E-state index is 0.0531. The van der Waals surface area contributed by atoms with Crippen LogP contribution in [0.3, 0.4) is 0 Å². The van der Waals surface area contributed by atoms with Crippen molar-refractivity contribution in [3.8, 4) is 5.75 Å². The Labute approximate surface area is 217 Å². The molecular weight excluding hydrogens is 448 g/mol. The zero-order valence-corrected chi connectivity index (χ0v) is 22.8. The molecule has 1 aliphatic heterocycles. The Morgan fingerprint density at radius 2 is 1.97 bits per heavy atom. The van der Waals surface area contributed by atoms with E-state index in [1.807, 2.05) is 39.0 Å². The van der Waals surface area contributed by atoms with Gasteiger partial charge >= 0.3 is 0 Å². The maximum atomic E-state index is 13.4. The van der Waals surface area contributed by atoms with Crippen LogP contribution >= 0.6 is 0 Å². The van der Waals surface area contributed by atoms with E-state index in [0.717, 1.165) is 74.8 Å². The third-order valence-corrected chi connectivity index (χ3v) is 7.89. The highest BCUT2D eigenvalue weighted by Gasteiger charge is 2.46. The van der Waals surface area contributed by atoms with Gasteiger partial charge in [0.2, 0.25) is 0 Å². The molecule has 1 aromatic rings. The highest BCUT2D eigenvalue weighted by Crippen LogP contribution is 2.46. The average molecular weight is 493 g/mol. The smallest absolute Gasteiger partial charge is 0.165 e. The summed E-state index contributed by atoms with van der Waals surface area (Å²) in [7, 11) is 0. The second-order valence-corrected chi connectivity index (χ2v) is 11.2. The fourth-order valence-electron chi connectivity index (χ4n) is 6.11. The molecule has 1 saturated carbocycles. The summed E-state index contributed by atoms with van der Waals surface area (Å²) in [6.45, 7) is 11.1. The van der Waals surface area contributed by atoms with E-state index in [0.29, 0.717) is 0 Å². The summed E-state index contributed by atoms with van der Waals surface area (Å²) >= 11 is 0. The Balaban J connectivity index is 1.45. The van der Waals surface area contributed by atoms with Crippen LogP contribution in [-0.2, 0) is 9.47 Å². The molecule has 4 rings (SSSR count). The van der Waals surface area contributed by atoms with Gasteiger partial charge in [0.25, 0.3) is 0 Å². The molecule has 4 heteroatoms. The molecular formula is C32H44O4. The van der Waals surface area contributed by atoms with Gasteiger partial charge in [-0.2, -0.15) is 0 Å². The molecule has 1 aromatic carbocycles. The topological polar surface area (TPSA) is 44.8 Å². The molecule has 0 amide bonds. The van der Waals surface area contributed by atoms with Crippen LogP contribution in [0.5, 0.6) is 5.75 Å². The largest absolute Gasteiger partial charge is 0.491 e. The number of Topliss-reactive ketones (excluding diaryl/α,β-unsaturated/α-hetero) is 1. The van der Waals surface area contributed by atoms with Crippen molar-refractivity contribution in [1.29, 1.82) is 0 Å². The van der Waals surface area contributed by atoms with Crippen molar-refractivity contribution in [2.45, 2.75) is 110 Å². The molecule has 1 saturated heterocycles. The van der Waals surface area contributed by atoms with Crippen molar-refractivity contribution in [3.63, 3.8) is 0 Å². The van der Waals surface area contributed by atoms with Crippen LogP contribution in [0.4, 0.5) is 0 Å². The Kier molecular flexibility index (Phi) is 8.90. The number of hydrogen-bond donors (Lipinski definition) is 0. The fourth-order valence-corrected chi connectivity index (χ4v) is 6.11. The van der Waals surface area contributed by atoms with Gasteiger partial charge in [0.05, 0.1) is 23.9 Å². The lowest BCUT2D eigenvalue weighted by Gasteiger charge is -2.48. The Bertz CT molecular complexity index is 1010. The van der Waals surface area contributed by atoms with Crippen LogP contribution < -0.4 is 4.74 Å². The normalized spacial score (nSPS) is 28.9. The van der Waals surface area contributed by atoms with Crippen LogP contribution in [0, 0.1) is 12.8 Å². The molecule has 2 aliphatic carbocycles. The van der Waals surface area contributed by atoms with Crippen molar-refractivity contribution >= 4 is 5.78 Å². The Morgan fingerprint density at radius 1 is 1.19 bits per heavy atom. The second kappa shape index (κ2) is 11.9. The van der Waals surface area contributed by atoms with Crippen LogP contribution in [0.1, 0.15) is 95.0 Å². The molecule has 0 bridgehead atoms. The van der Waals surface area contributed by atoms with E-state index in [1.165, 1.54) is 11.1 Å². The van der Waals surface area contributed by atoms with E-state index >= 15 is 0 Å². The van der Waals surface area contributed by atoms with E-state index in [2.05, 4.69) is 38.2 Å². The van der Waals surface area contributed by atoms with Gasteiger partial charge in [0, 0.05) is 30.9 Å². The summed E-state index contributed by atoms with van der Waals surface area (Å²) < 4.78 is 19.0. The molecule has 2 atom stereocenters. The molecule has 4 nitrogen and oxygen atoms in total. The molecule has 0 aromatic heterocycles. The first kappa shape index (κ1) is 26.9. The summed E-state index contributed by atoms with van der Waals surface area (Å²) in [5.74, 6) is 1.17. The van der Waals surface area contributed by atoms with Crippen LogP contribution in [-0.4, -0.2) is 36.3 Å². The number of aryl methyl sites for hydroxylation is 1. The molecule has 1 spiro atoms. The maximum absolute atomic E-state index is 13.4. The van der Waals surface area contributed by atoms with Gasteiger partial charge in [-0.3, -0.25) is 4.79 Å². The number of hydrogen-bond acceptors (Lipinski definition) is 4. The van der Waals surface area contributed by atoms with Crippen LogP contribution in [0.15, 0.2) is 53.6 Å². The highest BCUT2D eigenvalue weighted by molar-refractivity contribution is 5.98. The lowest BCUT2D eigenvalue weighted by Crippen LogP contribution is -2.50. The molecule has 0 radical (unpaired) electrons. The predicted octanol–water partition coefficient (Wildman–Crippen LogP) is 7.70. The van der Waals surface area contributed by atoms with Crippen molar-refractivity contribution in [1.82, 2.24) is 0 Å². The fraction of sp³-hybridized carbons (Fsp3) is 0.594. The van der Waals surface area contributed by atoms with Gasteiger partial charge in [-0.15, -0.1) is 0 Å². The third kappa shape index (κ3) is 6.58. The van der Waals surface area contributed by atoms with E-state index in [9.17, 15) is 4.79 Å². The number of carbonyl (C=O) groups excluding carboxylic acids is 1. The monoisotopic (exact) mass is 492 g/mol. The van der Waals surface area contributed by atoms with Gasteiger partial charge in [0.15, 0.2) is 5.78 Å². The SMILES string of the molecule is CCOC1CC(C2=CCC=CC=C(C)C2)OC2(CCC(C(=O)c3ccc(OC(C)C)c(C)c3)CC2)C1. The predicted molar refractivity (Wildman–Crippen MR) is 146 cm³/mol. The Morgan fingerprint density at radius 3 is 2.67 bits per heavy atom. The zero-order chi connectivity index (χ0) is 25.7. The summed E-state index contributed by atoms with van der Waals surface area (Å²) in [5, 5.41) is 0. The summed E-state index contributed by atoms with van der Waals surface area (Å²) in [6, 6.07) is 5.87. The Hall–Kier alpha value is -2.17. The number of ketones is 1. The zero-order valence-electron chi connectivity index (χ0n) is 22.8. The molecule has 2 fully saturated rings. The number of allylic oxidation sites excluding steroid dienone is 5. The lowest BCUT2D eigenvalue weighted by atomic mass is 9.71. The molecule has 36 heavy (non-hydrogen) atoms. The maximum Gasteiger partial charge on any atom is 0.165 e. The number of ether oxygens (including phenoxy) is 3. The molecule has 0 N–H and O–H groups in total. The quantitative estimate of drug-likeness (QED) is 0.289. The summed E-state index contributed by atoms with van der Waals surface area (Å²) in [6.07, 6.45) is 16.7. The minimum atomic E-state index is -0.193. The van der Waals surface area contributed by atoms with E-state index < -0.39 is 0 Å². The van der Waals surface area contributed by atoms with Gasteiger partial charge in [-0.1, -0.05) is 29.9 Å². The molecule has 196 valence electrons. The van der Waals surface area contributed by atoms with Gasteiger partial charge < -0.3 is 14.2 Å². The number of carbonyl (C=O) groups is 1. The van der Waals surface area contributed by atoms with Crippen molar-refractivity contribution in [2.24, 2.45) is 5.92 Å². The van der Waals surface area contributed by atoms with Crippen LogP contribution in [0.25, 0.3) is 0 Å². The van der Waals surface area contributed by atoms with Crippen molar-refractivity contribution in [3.05, 3.63) is 64.8 Å². The van der Waals surface area contributed by atoms with Crippen molar-refractivity contribution in [2.75, 3.05) is 6.61 Å². The molecule has 1 heterocycles. The minimum Gasteiger partial charge on any atom is -0.491 e. The third-order valence-electron chi connectivity index (χ3n) is 7.89. The first-order valence-corrected chi connectivity index (χ1v) is 13.9. The van der Waals surface area contributed by atoms with E-state index in [-0.39, 0.29) is 35.6 Å². The summed E-state index contributed by atoms with van der Waals surface area (Å²) in [5.41, 5.74) is 4.37. The summed E-state index contributed by atoms with van der Waals surface area (Å²) in [4.78, 5) is 13.4. The first-order chi connectivity index (χ1) is 17.3. The number of rotatable bonds is 7. The standard InChI is InChI=1S/C32H44O4/c1-6-34-28-20-30(26-11-9-7-8-10-23(4)18-26)36-32(21-28)16-14-25(15-17-32)31(33)27-12-13-29(24(5)19-27)35-22(2)3/h7-8,10-13,19,22,25,28,30H,6,9,14-18,20-21H2,1-5H3. The van der Waals surface area contributed by atoms with Gasteiger partial charge in [-0.05, 0) is 102 Å². The lowest BCUT2D eigenvalue weighted by molar-refractivity contribution is -0.177. The highest BCUT2D eigenvalue weighted by atomic mass is 16.5. The number of benzene rings is 1. The van der Waals surface area contributed by atoms with Crippen molar-refractivity contribution < 1.29 is 19.0 Å². The van der Waals surface area contributed by atoms with E-state index in [1.54, 1.807) is 0 Å². The van der Waals surface area contributed by atoms with Gasteiger partial charge in [-0.25, -0.2) is 0 Å². The van der Waals surface area contributed by atoms with Gasteiger partial charge in [0.1, 0.15) is 5.75 Å². The molecule has 2 unspecified atom stereocenters. The van der Waals surface area contributed by atoms with E-state index in [4.69, 9.17) is 14.2 Å². The first-order valence-electron chi connectivity index (χ1n) is 13.9.